The van der Waals surface area contributed by atoms with Gasteiger partial charge in [0.05, 0.1) is 26.4 Å². The zero-order valence-corrected chi connectivity index (χ0v) is 57.8. The zero-order chi connectivity index (χ0) is 78.2. The lowest BCUT2D eigenvalue weighted by Gasteiger charge is -2.50. The van der Waals surface area contributed by atoms with Gasteiger partial charge in [-0.05, 0) is 0 Å². The van der Waals surface area contributed by atoms with Crippen LogP contribution >= 0.6 is 0 Å². The van der Waals surface area contributed by atoms with Crippen LogP contribution in [-0.4, -0.2) is 331 Å². The molecule has 4 heterocycles. The minimum atomic E-state index is -6.87. The summed E-state index contributed by atoms with van der Waals surface area (Å²) in [5.41, 5.74) is 0. The molecule has 0 aromatic heterocycles. The van der Waals surface area contributed by atoms with Crippen LogP contribution in [0.15, 0.2) is 0 Å². The van der Waals surface area contributed by atoms with Crippen molar-refractivity contribution in [3.63, 3.8) is 0 Å². The van der Waals surface area contributed by atoms with Crippen molar-refractivity contribution in [2.45, 2.75) is 123 Å². The maximum atomic E-state index is 12.9. The van der Waals surface area contributed by atoms with Gasteiger partial charge in [0.1, 0.15) is 79.4 Å². The van der Waals surface area contributed by atoms with Gasteiger partial charge in [-0.3, -0.25) is 63.7 Å². The first-order chi connectivity index (χ1) is 44.7. The highest BCUT2D eigenvalue weighted by Gasteiger charge is 2.63. The Kier molecular flexibility index (Phi) is 29.8. The Hall–Kier alpha value is -2.10. The molecule has 600 valence electrons. The molecule has 0 amide bonds. The van der Waals surface area contributed by atoms with Gasteiger partial charge in [-0.2, -0.15) is 118 Å². The number of hydrogen-bond donors (Lipinski definition) is 14. The highest BCUT2D eigenvalue weighted by Crippen LogP contribution is 2.42. The van der Waals surface area contributed by atoms with Crippen LogP contribution in [0, 0.1) is 0 Å². The molecule has 0 aromatic carbocycles. The number of hydrogen-bond acceptors (Lipinski definition) is 49. The van der Waals surface area contributed by atoms with E-state index >= 15 is 0 Å². The molecule has 4 rings (SSSR count). The van der Waals surface area contributed by atoms with Gasteiger partial charge in [0.2, 0.25) is 0 Å². The Bertz CT molecular complexity index is 4610. The summed E-state index contributed by atoms with van der Waals surface area (Å²) < 4.78 is 574. The Balaban J connectivity index is 2.27. The van der Waals surface area contributed by atoms with E-state index in [0.717, 1.165) is 0 Å². The summed E-state index contributed by atoms with van der Waals surface area (Å²) in [6.45, 7) is -9.35. The molecular formula is C24H42O63S14. The first-order valence-corrected chi connectivity index (χ1v) is 42.4. The van der Waals surface area contributed by atoms with Gasteiger partial charge in [0, 0.05) is 0 Å². The van der Waals surface area contributed by atoms with Crippen LogP contribution in [0.1, 0.15) is 0 Å². The fourth-order valence-corrected chi connectivity index (χ4v) is 14.6. The first kappa shape index (κ1) is 91.3. The highest BCUT2D eigenvalue weighted by molar-refractivity contribution is 7.84. The third-order valence-electron chi connectivity index (χ3n) is 11.1. The standard InChI is InChI=1S/C24H42O63S14/c25-88(26,27)67-1-5-9(13(81-95(46,47)48)18(85-99(58,59)60)23(71-5)77-24-20(87-101(64,65)66)16(84-98(55,56)57)12(80-94(43,44)45)8(74-24)4-70-91(34,35)36)75-21-17(14(82-96(49,50)51)10(78-92(37,38)39)6(72-21)2-68-89(28,29)30)76-22-19(86-100(61,62)63)15(83-97(52,53)54)11(79-93(40,41)42)7(73-22)3-69-90(31,32)33/h5-24H,1-4H2,(H,25,26,27)(H,28,29,30)(H,31,32,33)(H,34,35,36)(H,37,38,39)(H,40,41,42)(H,43,44,45)(H,46,47,48)(H,49,50,51)(H,52,53,54)(H,55,56,57)(H,58,59,60)(H,61,62,63)(H,64,65,66)/t5-,6-,7-,8-,9-,10-,11+,12-,13+,14+,15+,16+,17-,18-,19-,20-,21+,22+,23-,24-/m1/s1. The Morgan fingerprint density at radius 3 is 0.535 bits per heavy atom. The molecule has 77 heteroatoms. The fraction of sp³-hybridized carbons (Fsp3) is 1.00. The molecule has 0 saturated carbocycles. The monoisotopic (exact) mass is 1790 g/mol. The average Bonchev–Trinajstić information content (AvgIpc) is 0.758. The molecule has 4 aliphatic rings. The van der Waals surface area contributed by atoms with Crippen molar-refractivity contribution in [2.24, 2.45) is 0 Å². The molecule has 20 atom stereocenters. The lowest BCUT2D eigenvalue weighted by molar-refractivity contribution is -0.393. The largest absolute Gasteiger partial charge is 0.397 e. The normalized spacial score (nSPS) is 32.5. The molecule has 0 radical (unpaired) electrons. The smallest absolute Gasteiger partial charge is 0.341 e. The summed E-state index contributed by atoms with van der Waals surface area (Å²) in [5, 5.41) is 0. The molecule has 0 unspecified atom stereocenters. The molecule has 4 saturated heterocycles. The second-order valence-electron chi connectivity index (χ2n) is 18.2. The van der Waals surface area contributed by atoms with Crippen molar-refractivity contribution < 1.29 is 273 Å². The SMILES string of the molecule is O=S(=O)(O)OC[C@H]1O[C@@H](O[C@H]2[C@H](O[C@H]3[C@H](OS(=O)(=O)O)[C@@H](OS(=O)(=O)O)[C@@H](O[C@H]4O[C@H](COS(=O)(=O)O)[C@@H](OS(=O)(=O)O)[C@H](OS(=O)(=O)O)[C@H]4OS(=O)(=O)O)O[C@@H]3COS(=O)(=O)O)O[C@H](COS(=O)(=O)O)[C@@H](OS(=O)(=O)O)[C@@H]2OS(=O)(=O)O)[C@H](OS(=O)(=O)O)[C@@H](OS(=O)(=O)O)[C@H]1OS(=O)(=O)O. The van der Waals surface area contributed by atoms with Crippen molar-refractivity contribution in [3.05, 3.63) is 0 Å². The summed E-state index contributed by atoms with van der Waals surface area (Å²) in [6, 6.07) is 0. The van der Waals surface area contributed by atoms with E-state index in [1.165, 1.54) is 0 Å². The van der Waals surface area contributed by atoms with Crippen molar-refractivity contribution in [2.75, 3.05) is 26.4 Å². The van der Waals surface area contributed by atoms with Crippen molar-refractivity contribution in [1.29, 1.82) is 0 Å². The lowest BCUT2D eigenvalue weighted by Crippen LogP contribution is -2.69. The van der Waals surface area contributed by atoms with Gasteiger partial charge >= 0.3 is 146 Å². The molecule has 14 N–H and O–H groups in total. The minimum Gasteiger partial charge on any atom is -0.341 e. The molecule has 4 fully saturated rings. The lowest BCUT2D eigenvalue weighted by atomic mass is 9.96. The van der Waals surface area contributed by atoms with Crippen molar-refractivity contribution in [3.8, 4) is 0 Å². The van der Waals surface area contributed by atoms with Gasteiger partial charge in [0.15, 0.2) is 43.5 Å². The molecular weight excluding hydrogens is 1750 g/mol. The predicted molar refractivity (Wildman–Crippen MR) is 280 cm³/mol. The van der Waals surface area contributed by atoms with Crippen LogP contribution in [-0.2, 0) is 237 Å². The molecule has 0 spiro atoms. The summed E-state index contributed by atoms with van der Waals surface area (Å²) in [6.07, 6.45) is -74.8. The van der Waals surface area contributed by atoms with E-state index in [1.54, 1.807) is 0 Å². The van der Waals surface area contributed by atoms with E-state index in [9.17, 15) is 182 Å². The summed E-state index contributed by atoms with van der Waals surface area (Å²) in [5.74, 6) is 0. The average molecular weight is 1790 g/mol. The van der Waals surface area contributed by atoms with Crippen LogP contribution in [0.25, 0.3) is 0 Å². The van der Waals surface area contributed by atoms with Crippen LogP contribution in [0.2, 0.25) is 0 Å². The van der Waals surface area contributed by atoms with E-state index in [2.05, 4.69) is 58.6 Å². The molecule has 0 aliphatic carbocycles. The molecule has 0 bridgehead atoms. The van der Waals surface area contributed by atoms with Crippen LogP contribution in [0.5, 0.6) is 0 Å². The van der Waals surface area contributed by atoms with E-state index in [0.29, 0.717) is 0 Å². The summed E-state index contributed by atoms with van der Waals surface area (Å²) in [7, 11) is -90.8. The maximum Gasteiger partial charge on any atom is 0.397 e. The third-order valence-corrected chi connectivity index (χ3v) is 17.5. The molecule has 63 nitrogen and oxygen atoms in total. The minimum absolute atomic E-state index is 2.21. The fourth-order valence-electron chi connectivity index (χ4n) is 8.35. The molecule has 101 heavy (non-hydrogen) atoms. The number of ether oxygens (including phenoxy) is 7. The summed E-state index contributed by atoms with van der Waals surface area (Å²) >= 11 is 0. The topological polar surface area (TPSA) is 955 Å². The van der Waals surface area contributed by atoms with Crippen molar-refractivity contribution >= 4 is 146 Å². The second-order valence-corrected chi connectivity index (χ2v) is 33.1. The Morgan fingerprint density at radius 2 is 0.327 bits per heavy atom. The van der Waals surface area contributed by atoms with Crippen LogP contribution < -0.4 is 0 Å². The Labute approximate surface area is 564 Å². The van der Waals surface area contributed by atoms with Gasteiger partial charge in [0.25, 0.3) is 0 Å². The van der Waals surface area contributed by atoms with Crippen LogP contribution in [0.4, 0.5) is 0 Å². The van der Waals surface area contributed by atoms with Gasteiger partial charge in [-0.25, -0.2) is 58.6 Å². The highest BCUT2D eigenvalue weighted by atomic mass is 32.3. The predicted octanol–water partition coefficient (Wildman–Crippen LogP) is -12.2. The quantitative estimate of drug-likeness (QED) is 0.0255. The van der Waals surface area contributed by atoms with Gasteiger partial charge < -0.3 is 33.2 Å². The van der Waals surface area contributed by atoms with Gasteiger partial charge in [-0.15, -0.1) is 0 Å². The van der Waals surface area contributed by atoms with Gasteiger partial charge in [-0.1, -0.05) is 0 Å². The maximum absolute atomic E-state index is 12.9. The number of rotatable bonds is 38. The summed E-state index contributed by atoms with van der Waals surface area (Å²) in [4.78, 5) is 0. The third kappa shape index (κ3) is 33.5. The van der Waals surface area contributed by atoms with E-state index < -0.39 is 295 Å². The molecule has 0 aromatic rings. The van der Waals surface area contributed by atoms with E-state index in [1.807, 2.05) is 0 Å². The first-order valence-electron chi connectivity index (χ1n) is 23.3. The van der Waals surface area contributed by atoms with E-state index in [4.69, 9.17) is 33.2 Å². The molecule has 4 aliphatic heterocycles. The Morgan fingerprint density at radius 1 is 0.178 bits per heavy atom. The zero-order valence-electron chi connectivity index (χ0n) is 46.4. The van der Waals surface area contributed by atoms with Crippen molar-refractivity contribution in [1.82, 2.24) is 0 Å². The van der Waals surface area contributed by atoms with E-state index in [-0.39, 0.29) is 0 Å². The van der Waals surface area contributed by atoms with Crippen LogP contribution in [0.3, 0.4) is 0 Å². The second kappa shape index (κ2) is 33.0.